The summed E-state index contributed by atoms with van der Waals surface area (Å²) in [6.45, 7) is 10.7. The van der Waals surface area contributed by atoms with Gasteiger partial charge in [0.1, 0.15) is 5.01 Å². The van der Waals surface area contributed by atoms with Crippen molar-refractivity contribution in [2.45, 2.75) is 32.9 Å². The Kier molecular flexibility index (Phi) is 8.92. The minimum Gasteiger partial charge on any atom is -0.356 e. The average molecular weight is 415 g/mol. The number of guanidine groups is 1. The highest BCUT2D eigenvalue weighted by Crippen LogP contribution is 2.10. The third-order valence-corrected chi connectivity index (χ3v) is 6.12. The third kappa shape index (κ3) is 7.76. The van der Waals surface area contributed by atoms with Gasteiger partial charge < -0.3 is 15.5 Å². The van der Waals surface area contributed by atoms with Crippen LogP contribution < -0.4 is 10.6 Å². The minimum atomic E-state index is 0.728. The number of rotatable bonds is 9. The molecule has 0 bridgehead atoms. The fourth-order valence-electron chi connectivity index (χ4n) is 3.54. The largest absolute Gasteiger partial charge is 0.356 e. The third-order valence-electron chi connectivity index (χ3n) is 5.21. The van der Waals surface area contributed by atoms with E-state index in [4.69, 9.17) is 0 Å². The van der Waals surface area contributed by atoms with Crippen LogP contribution in [0.2, 0.25) is 0 Å². The molecule has 1 saturated heterocycles. The van der Waals surface area contributed by atoms with Crippen LogP contribution >= 0.6 is 11.3 Å². The lowest BCUT2D eigenvalue weighted by molar-refractivity contribution is 0.126. The summed E-state index contributed by atoms with van der Waals surface area (Å²) in [4.78, 5) is 15.1. The maximum absolute atomic E-state index is 4.38. The molecule has 7 heteroatoms. The Balaban J connectivity index is 1.23. The molecule has 0 atom stereocenters. The van der Waals surface area contributed by atoms with E-state index >= 15 is 0 Å². The van der Waals surface area contributed by atoms with Crippen molar-refractivity contribution in [3.8, 4) is 0 Å². The average Bonchev–Trinajstić information content (AvgIpc) is 3.17. The summed E-state index contributed by atoms with van der Waals surface area (Å²) in [5.74, 6) is 0.854. The Hall–Kier alpha value is -1.96. The predicted molar refractivity (Wildman–Crippen MR) is 122 cm³/mol. The Morgan fingerprint density at radius 1 is 1.07 bits per heavy atom. The smallest absolute Gasteiger partial charge is 0.191 e. The summed E-state index contributed by atoms with van der Waals surface area (Å²) in [6, 6.07) is 10.8. The number of aliphatic imine (C=N–C) groups is 1. The highest BCUT2D eigenvalue weighted by atomic mass is 32.1. The monoisotopic (exact) mass is 414 g/mol. The molecule has 0 saturated carbocycles. The van der Waals surface area contributed by atoms with E-state index in [2.05, 4.69) is 67.7 Å². The minimum absolute atomic E-state index is 0.728. The van der Waals surface area contributed by atoms with Crippen molar-refractivity contribution in [2.75, 3.05) is 46.3 Å². The van der Waals surface area contributed by atoms with Crippen molar-refractivity contribution < 1.29 is 0 Å². The van der Waals surface area contributed by atoms with Crippen molar-refractivity contribution in [1.82, 2.24) is 25.4 Å². The van der Waals surface area contributed by atoms with Gasteiger partial charge in [0.15, 0.2) is 5.96 Å². The number of nitrogens with zero attached hydrogens (tertiary/aromatic N) is 4. The van der Waals surface area contributed by atoms with E-state index in [9.17, 15) is 0 Å². The molecule has 1 aliphatic rings. The number of aromatic nitrogens is 1. The Morgan fingerprint density at radius 2 is 1.83 bits per heavy atom. The van der Waals surface area contributed by atoms with Gasteiger partial charge in [0.05, 0.1) is 6.54 Å². The number of thiazole rings is 1. The van der Waals surface area contributed by atoms with Crippen LogP contribution in [0.1, 0.15) is 28.3 Å². The molecule has 1 aromatic carbocycles. The molecule has 0 radical (unpaired) electrons. The van der Waals surface area contributed by atoms with Gasteiger partial charge in [-0.25, -0.2) is 4.98 Å². The summed E-state index contributed by atoms with van der Waals surface area (Å²) in [6.07, 6.45) is 4.29. The summed E-state index contributed by atoms with van der Waals surface area (Å²) in [5.41, 5.74) is 1.42. The number of hydrogen-bond acceptors (Lipinski definition) is 5. The van der Waals surface area contributed by atoms with E-state index < -0.39 is 0 Å². The molecule has 158 valence electrons. The SMILES string of the molecule is CN=C(NCCCCN1CCN(Cc2ccccc2)CC1)NCc1ncc(C)s1. The standard InChI is InChI=1S/C22H34N6S/c1-19-16-25-21(29-19)17-26-22(23-2)24-10-6-7-11-27-12-14-28(15-13-27)18-20-8-4-3-5-9-20/h3-5,8-9,16H,6-7,10-15,17-18H2,1-2H3,(H2,23,24,26). The molecule has 1 fully saturated rings. The number of nitrogens with one attached hydrogen (secondary N) is 2. The fourth-order valence-corrected chi connectivity index (χ4v) is 4.27. The molecular formula is C22H34N6S. The topological polar surface area (TPSA) is 55.8 Å². The second kappa shape index (κ2) is 11.9. The fraction of sp³-hybridized carbons (Fsp3) is 0.545. The van der Waals surface area contributed by atoms with Crippen LogP contribution in [0.3, 0.4) is 0 Å². The second-order valence-electron chi connectivity index (χ2n) is 7.53. The summed E-state index contributed by atoms with van der Waals surface area (Å²) in [5, 5.41) is 7.84. The quantitative estimate of drug-likeness (QED) is 0.375. The van der Waals surface area contributed by atoms with Crippen LogP contribution in [0.25, 0.3) is 0 Å². The first-order valence-electron chi connectivity index (χ1n) is 10.6. The molecule has 1 aliphatic heterocycles. The van der Waals surface area contributed by atoms with Crippen LogP contribution in [0.4, 0.5) is 0 Å². The molecule has 0 spiro atoms. The van der Waals surface area contributed by atoms with E-state index in [1.165, 1.54) is 49.6 Å². The Labute approximate surface area is 179 Å². The van der Waals surface area contributed by atoms with Gasteiger partial charge in [-0.15, -0.1) is 11.3 Å². The number of hydrogen-bond donors (Lipinski definition) is 2. The number of aryl methyl sites for hydroxylation is 1. The zero-order valence-electron chi connectivity index (χ0n) is 17.7. The maximum Gasteiger partial charge on any atom is 0.191 e. The molecule has 0 amide bonds. The normalized spacial score (nSPS) is 16.1. The van der Waals surface area contributed by atoms with Gasteiger partial charge in [-0.2, -0.15) is 0 Å². The van der Waals surface area contributed by atoms with Crippen molar-refractivity contribution in [2.24, 2.45) is 4.99 Å². The van der Waals surface area contributed by atoms with E-state index in [1.807, 2.05) is 13.2 Å². The highest BCUT2D eigenvalue weighted by molar-refractivity contribution is 7.11. The Morgan fingerprint density at radius 3 is 2.52 bits per heavy atom. The van der Waals surface area contributed by atoms with Gasteiger partial charge in [0.25, 0.3) is 0 Å². The molecule has 6 nitrogen and oxygen atoms in total. The lowest BCUT2D eigenvalue weighted by Crippen LogP contribution is -2.46. The molecule has 29 heavy (non-hydrogen) atoms. The second-order valence-corrected chi connectivity index (χ2v) is 8.85. The maximum atomic E-state index is 4.38. The van der Waals surface area contributed by atoms with E-state index in [-0.39, 0.29) is 0 Å². The van der Waals surface area contributed by atoms with Gasteiger partial charge in [-0.05, 0) is 31.9 Å². The van der Waals surface area contributed by atoms with Crippen LogP contribution in [0, 0.1) is 6.92 Å². The Bertz CT molecular complexity index is 737. The highest BCUT2D eigenvalue weighted by Gasteiger charge is 2.16. The van der Waals surface area contributed by atoms with Gasteiger partial charge in [0.2, 0.25) is 0 Å². The molecular weight excluding hydrogens is 380 g/mol. The van der Waals surface area contributed by atoms with Crippen molar-refractivity contribution in [3.63, 3.8) is 0 Å². The first kappa shape index (κ1) is 21.7. The van der Waals surface area contributed by atoms with Gasteiger partial charge in [-0.3, -0.25) is 9.89 Å². The van der Waals surface area contributed by atoms with Crippen molar-refractivity contribution >= 4 is 17.3 Å². The van der Waals surface area contributed by atoms with Gasteiger partial charge in [0, 0.05) is 57.4 Å². The predicted octanol–water partition coefficient (Wildman–Crippen LogP) is 2.71. The van der Waals surface area contributed by atoms with E-state index in [0.717, 1.165) is 37.0 Å². The summed E-state index contributed by atoms with van der Waals surface area (Å²) >= 11 is 1.72. The molecule has 1 aromatic heterocycles. The molecule has 3 rings (SSSR count). The number of piperazine rings is 1. The van der Waals surface area contributed by atoms with Crippen LogP contribution in [0.5, 0.6) is 0 Å². The van der Waals surface area contributed by atoms with E-state index in [0.29, 0.717) is 0 Å². The molecule has 0 aliphatic carbocycles. The summed E-state index contributed by atoms with van der Waals surface area (Å²) in [7, 11) is 1.82. The van der Waals surface area contributed by atoms with Crippen LogP contribution in [0.15, 0.2) is 41.5 Å². The van der Waals surface area contributed by atoms with Crippen LogP contribution in [-0.2, 0) is 13.1 Å². The zero-order chi connectivity index (χ0) is 20.3. The van der Waals surface area contributed by atoms with Crippen molar-refractivity contribution in [1.29, 1.82) is 0 Å². The first-order valence-corrected chi connectivity index (χ1v) is 11.4. The molecule has 0 unspecified atom stereocenters. The van der Waals surface area contributed by atoms with Gasteiger partial charge >= 0.3 is 0 Å². The zero-order valence-corrected chi connectivity index (χ0v) is 18.5. The summed E-state index contributed by atoms with van der Waals surface area (Å²) < 4.78 is 0. The van der Waals surface area contributed by atoms with E-state index in [1.54, 1.807) is 11.3 Å². The van der Waals surface area contributed by atoms with Crippen LogP contribution in [-0.4, -0.2) is 67.1 Å². The van der Waals surface area contributed by atoms with Crippen molar-refractivity contribution in [3.05, 3.63) is 52.0 Å². The molecule has 2 N–H and O–H groups in total. The van der Waals surface area contributed by atoms with Gasteiger partial charge in [-0.1, -0.05) is 30.3 Å². The molecule has 2 aromatic rings. The molecule has 2 heterocycles. The number of benzene rings is 1. The number of unbranched alkanes of at least 4 members (excludes halogenated alkanes) is 1. The lowest BCUT2D eigenvalue weighted by atomic mass is 10.2. The first-order chi connectivity index (χ1) is 14.2. The lowest BCUT2D eigenvalue weighted by Gasteiger charge is -2.34.